The first-order valence-corrected chi connectivity index (χ1v) is 6.06. The number of carbonyl (C=O) groups is 1. The fourth-order valence-corrected chi connectivity index (χ4v) is 3.70. The van der Waals surface area contributed by atoms with Gasteiger partial charge in [0.2, 0.25) is 0 Å². The summed E-state index contributed by atoms with van der Waals surface area (Å²) in [5.41, 5.74) is 0.534. The fraction of sp³-hybridized carbons (Fsp3) is 0.923. The normalized spacial score (nSPS) is 41.9. The van der Waals surface area contributed by atoms with Gasteiger partial charge >= 0.3 is 5.97 Å². The number of ether oxygens (including phenoxy) is 1. The number of fused-ring (bicyclic) bond motifs is 2. The molecule has 3 aliphatic carbocycles. The Morgan fingerprint density at radius 3 is 2.53 bits per heavy atom. The standard InChI is InChI=1S/C13H22O2/c1-8-10(7-15-9(2)14)5-11-6-12(8)13(11,3)4/h8,10-12H,5-7H2,1-4H3/t8-,10+,11+,12+/m1/s1. The monoisotopic (exact) mass is 210 g/mol. The van der Waals surface area contributed by atoms with Gasteiger partial charge in [-0.1, -0.05) is 20.8 Å². The van der Waals surface area contributed by atoms with Crippen molar-refractivity contribution in [2.45, 2.75) is 40.5 Å². The Hall–Kier alpha value is -0.530. The van der Waals surface area contributed by atoms with Crippen LogP contribution in [0.5, 0.6) is 0 Å². The van der Waals surface area contributed by atoms with E-state index in [-0.39, 0.29) is 5.97 Å². The van der Waals surface area contributed by atoms with Crippen LogP contribution in [0, 0.1) is 29.1 Å². The van der Waals surface area contributed by atoms with Gasteiger partial charge in [0, 0.05) is 6.92 Å². The van der Waals surface area contributed by atoms with Crippen molar-refractivity contribution in [3.8, 4) is 0 Å². The van der Waals surface area contributed by atoms with Crippen molar-refractivity contribution in [3.63, 3.8) is 0 Å². The Balaban J connectivity index is 1.93. The molecule has 2 bridgehead atoms. The molecule has 4 atom stereocenters. The van der Waals surface area contributed by atoms with Crippen LogP contribution in [-0.2, 0) is 9.53 Å². The molecule has 0 N–H and O–H groups in total. The molecular formula is C13H22O2. The number of hydrogen-bond acceptors (Lipinski definition) is 2. The average Bonchev–Trinajstić information content (AvgIpc) is 2.15. The minimum atomic E-state index is -0.138. The summed E-state index contributed by atoms with van der Waals surface area (Å²) in [7, 11) is 0. The second kappa shape index (κ2) is 3.50. The first-order valence-electron chi connectivity index (χ1n) is 6.06. The highest BCUT2D eigenvalue weighted by Gasteiger charge is 2.56. The van der Waals surface area contributed by atoms with E-state index in [0.29, 0.717) is 23.9 Å². The molecule has 0 amide bonds. The lowest BCUT2D eigenvalue weighted by atomic mass is 9.43. The highest BCUT2D eigenvalue weighted by atomic mass is 16.5. The second-order valence-electron chi connectivity index (χ2n) is 6.02. The van der Waals surface area contributed by atoms with Crippen molar-refractivity contribution in [3.05, 3.63) is 0 Å². The van der Waals surface area contributed by atoms with Gasteiger partial charge in [-0.2, -0.15) is 0 Å². The molecule has 15 heavy (non-hydrogen) atoms. The summed E-state index contributed by atoms with van der Waals surface area (Å²) in [5, 5.41) is 0. The van der Waals surface area contributed by atoms with Crippen LogP contribution >= 0.6 is 0 Å². The SMILES string of the molecule is CC(=O)OC[C@@H]1C[C@H]2C[C@@H]([C@@H]1C)C2(C)C. The largest absolute Gasteiger partial charge is 0.466 e. The molecule has 0 aromatic rings. The quantitative estimate of drug-likeness (QED) is 0.655. The van der Waals surface area contributed by atoms with Gasteiger partial charge in [0.15, 0.2) is 0 Å². The molecule has 3 saturated carbocycles. The summed E-state index contributed by atoms with van der Waals surface area (Å²) >= 11 is 0. The van der Waals surface area contributed by atoms with Gasteiger partial charge in [0.1, 0.15) is 0 Å². The zero-order chi connectivity index (χ0) is 11.2. The van der Waals surface area contributed by atoms with E-state index < -0.39 is 0 Å². The van der Waals surface area contributed by atoms with Crippen LogP contribution < -0.4 is 0 Å². The van der Waals surface area contributed by atoms with Gasteiger partial charge in [-0.25, -0.2) is 0 Å². The third-order valence-electron chi connectivity index (χ3n) is 5.01. The highest BCUT2D eigenvalue weighted by molar-refractivity contribution is 5.65. The molecule has 0 aromatic heterocycles. The number of carbonyl (C=O) groups excluding carboxylic acids is 1. The zero-order valence-corrected chi connectivity index (χ0v) is 10.2. The minimum absolute atomic E-state index is 0.138. The van der Waals surface area contributed by atoms with E-state index in [9.17, 15) is 4.79 Å². The molecule has 0 saturated heterocycles. The second-order valence-corrected chi connectivity index (χ2v) is 6.02. The highest BCUT2D eigenvalue weighted by Crippen LogP contribution is 2.62. The van der Waals surface area contributed by atoms with Crippen LogP contribution in [-0.4, -0.2) is 12.6 Å². The summed E-state index contributed by atoms with van der Waals surface area (Å²) in [6.07, 6.45) is 2.64. The average molecular weight is 210 g/mol. The van der Waals surface area contributed by atoms with E-state index in [0.717, 1.165) is 11.8 Å². The number of rotatable bonds is 2. The van der Waals surface area contributed by atoms with Crippen LogP contribution in [0.1, 0.15) is 40.5 Å². The summed E-state index contributed by atoms with van der Waals surface area (Å²) < 4.78 is 5.15. The van der Waals surface area contributed by atoms with E-state index in [1.54, 1.807) is 0 Å². The van der Waals surface area contributed by atoms with Crippen LogP contribution in [0.25, 0.3) is 0 Å². The van der Waals surface area contributed by atoms with Crippen molar-refractivity contribution in [1.29, 1.82) is 0 Å². The Kier molecular flexibility index (Phi) is 2.56. The van der Waals surface area contributed by atoms with Gasteiger partial charge in [-0.15, -0.1) is 0 Å². The van der Waals surface area contributed by atoms with Crippen molar-refractivity contribution < 1.29 is 9.53 Å². The van der Waals surface area contributed by atoms with E-state index in [1.165, 1.54) is 19.8 Å². The van der Waals surface area contributed by atoms with Crippen molar-refractivity contribution in [2.24, 2.45) is 29.1 Å². The number of esters is 1. The zero-order valence-electron chi connectivity index (χ0n) is 10.2. The first-order chi connectivity index (χ1) is 6.93. The van der Waals surface area contributed by atoms with Crippen molar-refractivity contribution in [1.82, 2.24) is 0 Å². The molecule has 0 spiro atoms. The molecule has 3 aliphatic rings. The predicted molar refractivity (Wildman–Crippen MR) is 59.3 cm³/mol. The molecule has 0 radical (unpaired) electrons. The van der Waals surface area contributed by atoms with Crippen LogP contribution in [0.15, 0.2) is 0 Å². The van der Waals surface area contributed by atoms with E-state index in [1.807, 2.05) is 0 Å². The molecule has 0 heterocycles. The van der Waals surface area contributed by atoms with Crippen molar-refractivity contribution >= 4 is 5.97 Å². The topological polar surface area (TPSA) is 26.3 Å². The summed E-state index contributed by atoms with van der Waals surface area (Å²) in [6, 6.07) is 0. The maximum Gasteiger partial charge on any atom is 0.302 e. The number of hydrogen-bond donors (Lipinski definition) is 0. The molecule has 0 aliphatic heterocycles. The Morgan fingerprint density at radius 1 is 1.40 bits per heavy atom. The molecule has 0 unspecified atom stereocenters. The Morgan fingerprint density at radius 2 is 2.07 bits per heavy atom. The predicted octanol–water partition coefficient (Wildman–Crippen LogP) is 2.87. The van der Waals surface area contributed by atoms with Crippen LogP contribution in [0.4, 0.5) is 0 Å². The molecular weight excluding hydrogens is 188 g/mol. The smallest absolute Gasteiger partial charge is 0.302 e. The van der Waals surface area contributed by atoms with Gasteiger partial charge in [0.25, 0.3) is 0 Å². The lowest BCUT2D eigenvalue weighted by Gasteiger charge is -2.62. The van der Waals surface area contributed by atoms with E-state index >= 15 is 0 Å². The summed E-state index contributed by atoms with van der Waals surface area (Å²) in [6.45, 7) is 9.25. The molecule has 3 fully saturated rings. The maximum absolute atomic E-state index is 10.8. The third kappa shape index (κ3) is 1.68. The van der Waals surface area contributed by atoms with Crippen molar-refractivity contribution in [2.75, 3.05) is 6.61 Å². The van der Waals surface area contributed by atoms with Gasteiger partial charge < -0.3 is 4.74 Å². The Labute approximate surface area is 92.4 Å². The minimum Gasteiger partial charge on any atom is -0.466 e. The lowest BCUT2D eigenvalue weighted by Crippen LogP contribution is -2.55. The summed E-state index contributed by atoms with van der Waals surface area (Å²) in [5.74, 6) is 2.88. The summed E-state index contributed by atoms with van der Waals surface area (Å²) in [4.78, 5) is 10.8. The van der Waals surface area contributed by atoms with Gasteiger partial charge in [-0.05, 0) is 41.9 Å². The molecule has 2 nitrogen and oxygen atoms in total. The molecule has 3 rings (SSSR count). The van der Waals surface area contributed by atoms with Crippen LogP contribution in [0.2, 0.25) is 0 Å². The first kappa shape index (κ1) is 11.0. The van der Waals surface area contributed by atoms with Crippen LogP contribution in [0.3, 0.4) is 0 Å². The van der Waals surface area contributed by atoms with Gasteiger partial charge in [-0.3, -0.25) is 4.79 Å². The van der Waals surface area contributed by atoms with E-state index in [2.05, 4.69) is 20.8 Å². The lowest BCUT2D eigenvalue weighted by molar-refractivity contribution is -0.157. The van der Waals surface area contributed by atoms with E-state index in [4.69, 9.17) is 4.74 Å². The Bertz CT molecular complexity index is 270. The molecule has 86 valence electrons. The maximum atomic E-state index is 10.8. The third-order valence-corrected chi connectivity index (χ3v) is 5.01. The molecule has 0 aromatic carbocycles. The van der Waals surface area contributed by atoms with Gasteiger partial charge in [0.05, 0.1) is 6.61 Å². The molecule has 2 heteroatoms. The fourth-order valence-electron chi connectivity index (χ4n) is 3.70.